The van der Waals surface area contributed by atoms with Crippen molar-refractivity contribution in [2.75, 3.05) is 17.2 Å². The molecule has 2 aromatic rings. The molecule has 0 spiro atoms. The van der Waals surface area contributed by atoms with Crippen LogP contribution in [0.3, 0.4) is 0 Å². The van der Waals surface area contributed by atoms with Crippen molar-refractivity contribution >= 4 is 23.0 Å². The maximum absolute atomic E-state index is 5.83. The van der Waals surface area contributed by atoms with Gasteiger partial charge in [0.15, 0.2) is 0 Å². The van der Waals surface area contributed by atoms with Gasteiger partial charge in [-0.25, -0.2) is 4.98 Å². The number of nitrogens with zero attached hydrogens (tertiary/aromatic N) is 2. The van der Waals surface area contributed by atoms with E-state index in [9.17, 15) is 0 Å². The Bertz CT molecular complexity index is 514. The molecule has 0 saturated carbocycles. The summed E-state index contributed by atoms with van der Waals surface area (Å²) in [6, 6.07) is 3.96. The van der Waals surface area contributed by atoms with Gasteiger partial charge in [-0.3, -0.25) is 0 Å². The molecule has 1 aliphatic rings. The lowest BCUT2D eigenvalue weighted by atomic mass is 10.0. The Balaban J connectivity index is 1.86. The SMILES string of the molecule is Nc1ccc2cnc(CC3CCCSC3)n2c1. The number of pyridine rings is 1. The molecule has 1 fully saturated rings. The second-order valence-corrected chi connectivity index (χ2v) is 5.87. The normalized spacial score (nSPS) is 20.8. The minimum absolute atomic E-state index is 0.779. The third-order valence-corrected chi connectivity index (χ3v) is 4.64. The van der Waals surface area contributed by atoms with Crippen molar-refractivity contribution in [1.82, 2.24) is 9.38 Å². The number of nitrogen functional groups attached to an aromatic ring is 1. The lowest BCUT2D eigenvalue weighted by molar-refractivity contribution is 0.508. The van der Waals surface area contributed by atoms with E-state index in [2.05, 4.69) is 21.1 Å². The average Bonchev–Trinajstić information content (AvgIpc) is 2.73. The molecule has 3 nitrogen and oxygen atoms in total. The van der Waals surface area contributed by atoms with E-state index in [1.807, 2.05) is 24.5 Å². The maximum atomic E-state index is 5.83. The van der Waals surface area contributed by atoms with Crippen molar-refractivity contribution < 1.29 is 0 Å². The Morgan fingerprint density at radius 1 is 1.47 bits per heavy atom. The second kappa shape index (κ2) is 4.61. The average molecular weight is 247 g/mol. The number of imidazole rings is 1. The van der Waals surface area contributed by atoms with Crippen LogP contribution in [0, 0.1) is 5.92 Å². The van der Waals surface area contributed by atoms with E-state index in [0.717, 1.165) is 29.4 Å². The van der Waals surface area contributed by atoms with Crippen molar-refractivity contribution in [3.63, 3.8) is 0 Å². The highest BCUT2D eigenvalue weighted by Crippen LogP contribution is 2.25. The highest BCUT2D eigenvalue weighted by Gasteiger charge is 2.16. The molecule has 0 radical (unpaired) electrons. The first-order valence-electron chi connectivity index (χ1n) is 6.12. The van der Waals surface area contributed by atoms with Crippen LogP contribution in [0.15, 0.2) is 24.5 Å². The number of hydrogen-bond donors (Lipinski definition) is 1. The van der Waals surface area contributed by atoms with Gasteiger partial charge in [0.2, 0.25) is 0 Å². The fourth-order valence-electron chi connectivity index (χ4n) is 2.44. The number of nitrogens with two attached hydrogens (primary N) is 1. The number of rotatable bonds is 2. The molecule has 1 unspecified atom stereocenters. The summed E-state index contributed by atoms with van der Waals surface area (Å²) in [5.41, 5.74) is 7.77. The maximum Gasteiger partial charge on any atom is 0.113 e. The molecule has 3 heterocycles. The van der Waals surface area contributed by atoms with Crippen molar-refractivity contribution in [3.05, 3.63) is 30.4 Å². The molecule has 0 aromatic carbocycles. The van der Waals surface area contributed by atoms with Crippen LogP contribution in [-0.4, -0.2) is 20.9 Å². The van der Waals surface area contributed by atoms with E-state index in [1.165, 1.54) is 24.3 Å². The lowest BCUT2D eigenvalue weighted by Gasteiger charge is -2.20. The van der Waals surface area contributed by atoms with Gasteiger partial charge in [-0.1, -0.05) is 0 Å². The molecular formula is C13H17N3S. The Hall–Kier alpha value is -1.16. The van der Waals surface area contributed by atoms with Crippen LogP contribution in [0.4, 0.5) is 5.69 Å². The summed E-state index contributed by atoms with van der Waals surface area (Å²) in [6.45, 7) is 0. The van der Waals surface area contributed by atoms with Gasteiger partial charge in [0.1, 0.15) is 5.82 Å². The van der Waals surface area contributed by atoms with E-state index in [4.69, 9.17) is 5.73 Å². The molecule has 17 heavy (non-hydrogen) atoms. The Labute approximate surface area is 105 Å². The fraction of sp³-hybridized carbons (Fsp3) is 0.462. The first-order valence-corrected chi connectivity index (χ1v) is 7.27. The van der Waals surface area contributed by atoms with Gasteiger partial charge in [-0.15, -0.1) is 0 Å². The van der Waals surface area contributed by atoms with Crippen molar-refractivity contribution in [2.45, 2.75) is 19.3 Å². The molecule has 2 N–H and O–H groups in total. The molecule has 1 aliphatic heterocycles. The number of thioether (sulfide) groups is 1. The first-order chi connectivity index (χ1) is 8.33. The zero-order valence-electron chi connectivity index (χ0n) is 9.80. The van der Waals surface area contributed by atoms with E-state index in [1.54, 1.807) is 0 Å². The molecule has 90 valence electrons. The van der Waals surface area contributed by atoms with E-state index < -0.39 is 0 Å². The van der Waals surface area contributed by atoms with Crippen LogP contribution in [-0.2, 0) is 6.42 Å². The topological polar surface area (TPSA) is 43.3 Å². The molecule has 2 aromatic heterocycles. The van der Waals surface area contributed by atoms with Crippen LogP contribution >= 0.6 is 11.8 Å². The fourth-order valence-corrected chi connectivity index (χ4v) is 3.59. The van der Waals surface area contributed by atoms with Crippen LogP contribution in [0.5, 0.6) is 0 Å². The number of aromatic nitrogens is 2. The summed E-state index contributed by atoms with van der Waals surface area (Å²) in [5.74, 6) is 4.53. The van der Waals surface area contributed by atoms with Gasteiger partial charge < -0.3 is 10.1 Å². The lowest BCUT2D eigenvalue weighted by Crippen LogP contribution is -2.14. The first kappa shape index (κ1) is 11.0. The quantitative estimate of drug-likeness (QED) is 0.887. The van der Waals surface area contributed by atoms with Crippen LogP contribution in [0.25, 0.3) is 5.52 Å². The summed E-state index contributed by atoms with van der Waals surface area (Å²) in [6.07, 6.45) is 7.67. The summed E-state index contributed by atoms with van der Waals surface area (Å²) in [7, 11) is 0. The van der Waals surface area contributed by atoms with Crippen LogP contribution < -0.4 is 5.73 Å². The van der Waals surface area contributed by atoms with Crippen molar-refractivity contribution in [1.29, 1.82) is 0 Å². The molecular weight excluding hydrogens is 230 g/mol. The van der Waals surface area contributed by atoms with Gasteiger partial charge in [0.05, 0.1) is 11.7 Å². The van der Waals surface area contributed by atoms with Gasteiger partial charge >= 0.3 is 0 Å². The molecule has 0 amide bonds. The third-order valence-electron chi connectivity index (χ3n) is 3.35. The summed E-state index contributed by atoms with van der Waals surface area (Å²) in [5, 5.41) is 0. The zero-order chi connectivity index (χ0) is 11.7. The largest absolute Gasteiger partial charge is 0.398 e. The standard InChI is InChI=1S/C13H17N3S/c14-11-3-4-12-7-15-13(16(12)8-11)6-10-2-1-5-17-9-10/h3-4,7-8,10H,1-2,5-6,9,14H2. The van der Waals surface area contributed by atoms with Crippen LogP contribution in [0.1, 0.15) is 18.7 Å². The zero-order valence-corrected chi connectivity index (χ0v) is 10.6. The smallest absolute Gasteiger partial charge is 0.113 e. The molecule has 0 aliphatic carbocycles. The Kier molecular flexibility index (Phi) is 2.97. The molecule has 4 heteroatoms. The van der Waals surface area contributed by atoms with Crippen LogP contribution in [0.2, 0.25) is 0 Å². The van der Waals surface area contributed by atoms with Gasteiger partial charge in [0, 0.05) is 18.3 Å². The van der Waals surface area contributed by atoms with E-state index in [-0.39, 0.29) is 0 Å². The number of fused-ring (bicyclic) bond motifs is 1. The molecule has 3 rings (SSSR count). The van der Waals surface area contributed by atoms with Crippen molar-refractivity contribution in [3.8, 4) is 0 Å². The van der Waals surface area contributed by atoms with Gasteiger partial charge in [-0.2, -0.15) is 11.8 Å². The molecule has 0 bridgehead atoms. The highest BCUT2D eigenvalue weighted by molar-refractivity contribution is 7.99. The Morgan fingerprint density at radius 2 is 2.41 bits per heavy atom. The minimum atomic E-state index is 0.779. The van der Waals surface area contributed by atoms with E-state index >= 15 is 0 Å². The Morgan fingerprint density at radius 3 is 3.24 bits per heavy atom. The number of hydrogen-bond acceptors (Lipinski definition) is 3. The monoisotopic (exact) mass is 247 g/mol. The highest BCUT2D eigenvalue weighted by atomic mass is 32.2. The predicted molar refractivity (Wildman–Crippen MR) is 73.4 cm³/mol. The predicted octanol–water partition coefficient (Wildman–Crippen LogP) is 2.60. The molecule has 1 saturated heterocycles. The second-order valence-electron chi connectivity index (χ2n) is 4.72. The number of anilines is 1. The summed E-state index contributed by atoms with van der Waals surface area (Å²) in [4.78, 5) is 4.53. The summed E-state index contributed by atoms with van der Waals surface area (Å²) >= 11 is 2.07. The van der Waals surface area contributed by atoms with Crippen molar-refractivity contribution in [2.24, 2.45) is 5.92 Å². The molecule has 1 atom stereocenters. The third kappa shape index (κ3) is 2.27. The van der Waals surface area contributed by atoms with E-state index in [0.29, 0.717) is 0 Å². The van der Waals surface area contributed by atoms with Gasteiger partial charge in [-0.05, 0) is 42.4 Å². The van der Waals surface area contributed by atoms with Gasteiger partial charge in [0.25, 0.3) is 0 Å². The minimum Gasteiger partial charge on any atom is -0.398 e. The summed E-state index contributed by atoms with van der Waals surface area (Å²) < 4.78 is 2.13.